The summed E-state index contributed by atoms with van der Waals surface area (Å²) in [5.41, 5.74) is 7.15. The summed E-state index contributed by atoms with van der Waals surface area (Å²) in [5.74, 6) is 1.62. The summed E-state index contributed by atoms with van der Waals surface area (Å²) in [7, 11) is 0. The molecule has 0 amide bonds. The molecule has 0 aromatic carbocycles. The van der Waals surface area contributed by atoms with Gasteiger partial charge >= 0.3 is 0 Å². The summed E-state index contributed by atoms with van der Waals surface area (Å²) in [6.07, 6.45) is 6.26. The highest BCUT2D eigenvalue weighted by Crippen LogP contribution is 2.31. The van der Waals surface area contributed by atoms with Crippen molar-refractivity contribution in [3.8, 4) is 11.1 Å². The third-order valence-electron chi connectivity index (χ3n) is 5.07. The van der Waals surface area contributed by atoms with Crippen LogP contribution in [-0.2, 0) is 0 Å². The van der Waals surface area contributed by atoms with Crippen molar-refractivity contribution in [2.45, 2.75) is 60.3 Å². The van der Waals surface area contributed by atoms with Crippen molar-refractivity contribution in [3.05, 3.63) is 47.4 Å². The fourth-order valence-electron chi connectivity index (χ4n) is 3.69. The number of aryl methyl sites for hydroxylation is 2. The molecule has 0 fully saturated rings. The number of pyridine rings is 2. The zero-order chi connectivity index (χ0) is 19.6. The molecule has 0 N–H and O–H groups in total. The Morgan fingerprint density at radius 3 is 2.26 bits per heavy atom. The lowest BCUT2D eigenvalue weighted by Gasteiger charge is -2.24. The van der Waals surface area contributed by atoms with Crippen molar-refractivity contribution < 1.29 is 0 Å². The lowest BCUT2D eigenvalue weighted by Crippen LogP contribution is -2.27. The molecule has 0 spiro atoms. The van der Waals surface area contributed by atoms with Crippen LogP contribution in [0.5, 0.6) is 0 Å². The van der Waals surface area contributed by atoms with Crippen LogP contribution in [-0.4, -0.2) is 27.7 Å². The van der Waals surface area contributed by atoms with Crippen LogP contribution in [0.15, 0.2) is 30.6 Å². The van der Waals surface area contributed by atoms with Gasteiger partial charge in [-0.05, 0) is 61.9 Å². The third-order valence-corrected chi connectivity index (χ3v) is 5.07. The Labute approximate surface area is 163 Å². The number of hydrogen-bond donors (Lipinski definition) is 0. The average molecular weight is 365 g/mol. The van der Waals surface area contributed by atoms with E-state index < -0.39 is 0 Å². The number of anilines is 1. The van der Waals surface area contributed by atoms with E-state index in [4.69, 9.17) is 10.1 Å². The second-order valence-electron chi connectivity index (χ2n) is 7.81. The van der Waals surface area contributed by atoms with Gasteiger partial charge in [0.05, 0.1) is 11.7 Å². The number of nitrogens with zero attached hydrogens (tertiary/aromatic N) is 4. The highest BCUT2D eigenvalue weighted by molar-refractivity contribution is 5.83. The molecule has 0 aliphatic carbocycles. The standard InChI is InChI=1S/C23H32N4/c1-7-9-26(10-8-2)23-12-17(5)11-22-20(15-25-27(22)23)19-14-24-21(16(3)4)13-18(19)6/h11-16H,7-10H2,1-6H3. The van der Waals surface area contributed by atoms with Crippen molar-refractivity contribution >= 4 is 11.3 Å². The minimum atomic E-state index is 0.437. The SMILES string of the molecule is CCCN(CCC)c1cc(C)cc2c(-c3cnc(C(C)C)cc3C)cnn12. The molecule has 3 rings (SSSR count). The Morgan fingerprint density at radius 2 is 1.67 bits per heavy atom. The van der Waals surface area contributed by atoms with Gasteiger partial charge in [-0.25, -0.2) is 4.52 Å². The van der Waals surface area contributed by atoms with Crippen molar-refractivity contribution in [2.75, 3.05) is 18.0 Å². The van der Waals surface area contributed by atoms with Crippen LogP contribution < -0.4 is 4.90 Å². The quantitative estimate of drug-likeness (QED) is 0.534. The normalized spacial score (nSPS) is 11.5. The predicted molar refractivity (Wildman–Crippen MR) is 115 cm³/mol. The van der Waals surface area contributed by atoms with Gasteiger partial charge in [-0.1, -0.05) is 27.7 Å². The summed E-state index contributed by atoms with van der Waals surface area (Å²) in [6.45, 7) is 15.3. The van der Waals surface area contributed by atoms with Crippen LogP contribution in [0.25, 0.3) is 16.6 Å². The molecule has 3 aromatic heterocycles. The maximum atomic E-state index is 4.77. The topological polar surface area (TPSA) is 33.4 Å². The summed E-state index contributed by atoms with van der Waals surface area (Å²) in [4.78, 5) is 7.14. The molecule has 144 valence electrons. The van der Waals surface area contributed by atoms with Gasteiger partial charge in [0, 0.05) is 36.1 Å². The zero-order valence-corrected chi connectivity index (χ0v) is 17.6. The van der Waals surface area contributed by atoms with E-state index in [1.807, 2.05) is 12.4 Å². The van der Waals surface area contributed by atoms with Crippen molar-refractivity contribution in [1.82, 2.24) is 14.6 Å². The number of fused-ring (bicyclic) bond motifs is 1. The highest BCUT2D eigenvalue weighted by atomic mass is 15.3. The highest BCUT2D eigenvalue weighted by Gasteiger charge is 2.16. The van der Waals surface area contributed by atoms with E-state index in [1.165, 1.54) is 22.5 Å². The molecule has 0 aliphatic rings. The van der Waals surface area contributed by atoms with Crippen molar-refractivity contribution in [1.29, 1.82) is 0 Å². The first-order valence-corrected chi connectivity index (χ1v) is 10.2. The van der Waals surface area contributed by atoms with Gasteiger partial charge in [0.25, 0.3) is 0 Å². The van der Waals surface area contributed by atoms with Gasteiger partial charge in [0.15, 0.2) is 0 Å². The summed E-state index contributed by atoms with van der Waals surface area (Å²) < 4.78 is 2.10. The van der Waals surface area contributed by atoms with Crippen molar-refractivity contribution in [2.24, 2.45) is 0 Å². The molecule has 0 radical (unpaired) electrons. The van der Waals surface area contributed by atoms with Gasteiger partial charge in [-0.15, -0.1) is 0 Å². The minimum Gasteiger partial charge on any atom is -0.357 e. The lowest BCUT2D eigenvalue weighted by atomic mass is 10.0. The smallest absolute Gasteiger partial charge is 0.131 e. The minimum absolute atomic E-state index is 0.437. The molecule has 0 saturated heterocycles. The van der Waals surface area contributed by atoms with E-state index >= 15 is 0 Å². The molecular weight excluding hydrogens is 332 g/mol. The van der Waals surface area contributed by atoms with Gasteiger partial charge in [-0.2, -0.15) is 5.10 Å². The molecule has 0 unspecified atom stereocenters. The maximum absolute atomic E-state index is 4.77. The Hall–Kier alpha value is -2.36. The summed E-state index contributed by atoms with van der Waals surface area (Å²) in [6, 6.07) is 6.69. The van der Waals surface area contributed by atoms with E-state index in [1.54, 1.807) is 0 Å². The Balaban J connectivity index is 2.14. The fraction of sp³-hybridized carbons (Fsp3) is 0.478. The van der Waals surface area contributed by atoms with Crippen LogP contribution in [0.2, 0.25) is 0 Å². The first-order valence-electron chi connectivity index (χ1n) is 10.2. The second kappa shape index (κ2) is 8.12. The van der Waals surface area contributed by atoms with Gasteiger partial charge < -0.3 is 4.90 Å². The fourth-order valence-corrected chi connectivity index (χ4v) is 3.69. The molecule has 4 heteroatoms. The number of rotatable bonds is 7. The summed E-state index contributed by atoms with van der Waals surface area (Å²) >= 11 is 0. The van der Waals surface area contributed by atoms with E-state index in [2.05, 4.69) is 69.2 Å². The van der Waals surface area contributed by atoms with Gasteiger partial charge in [-0.3, -0.25) is 4.98 Å². The van der Waals surface area contributed by atoms with Crippen LogP contribution in [0.4, 0.5) is 5.82 Å². The van der Waals surface area contributed by atoms with E-state index in [0.717, 1.165) is 42.7 Å². The van der Waals surface area contributed by atoms with E-state index in [-0.39, 0.29) is 0 Å². The molecule has 0 saturated carbocycles. The lowest BCUT2D eigenvalue weighted by molar-refractivity contribution is 0.717. The van der Waals surface area contributed by atoms with Crippen LogP contribution >= 0.6 is 0 Å². The predicted octanol–water partition coefficient (Wildman–Crippen LogP) is 5.76. The maximum Gasteiger partial charge on any atom is 0.131 e. The first-order chi connectivity index (χ1) is 13.0. The molecule has 0 bridgehead atoms. The monoisotopic (exact) mass is 364 g/mol. The molecule has 4 nitrogen and oxygen atoms in total. The van der Waals surface area contributed by atoms with Gasteiger partial charge in [0.1, 0.15) is 5.82 Å². The third kappa shape index (κ3) is 3.85. The average Bonchev–Trinajstić information content (AvgIpc) is 3.04. The van der Waals surface area contributed by atoms with Crippen LogP contribution in [0.1, 0.15) is 63.3 Å². The van der Waals surface area contributed by atoms with Gasteiger partial charge in [0.2, 0.25) is 0 Å². The Bertz CT molecular complexity index is 918. The summed E-state index contributed by atoms with van der Waals surface area (Å²) in [5, 5.41) is 4.77. The number of aromatic nitrogens is 3. The van der Waals surface area contributed by atoms with Crippen LogP contribution in [0.3, 0.4) is 0 Å². The molecule has 27 heavy (non-hydrogen) atoms. The second-order valence-corrected chi connectivity index (χ2v) is 7.81. The first kappa shape index (κ1) is 19.4. The largest absolute Gasteiger partial charge is 0.357 e. The zero-order valence-electron chi connectivity index (χ0n) is 17.6. The molecule has 3 aromatic rings. The Morgan fingerprint density at radius 1 is 0.963 bits per heavy atom. The number of hydrogen-bond acceptors (Lipinski definition) is 3. The molecular formula is C23H32N4. The molecule has 0 atom stereocenters. The molecule has 3 heterocycles. The molecule has 0 aliphatic heterocycles. The van der Waals surface area contributed by atoms with Crippen LogP contribution in [0, 0.1) is 13.8 Å². The van der Waals surface area contributed by atoms with Crippen molar-refractivity contribution in [3.63, 3.8) is 0 Å². The van der Waals surface area contributed by atoms with E-state index in [0.29, 0.717) is 5.92 Å². The Kier molecular flexibility index (Phi) is 5.83. The van der Waals surface area contributed by atoms with E-state index in [9.17, 15) is 0 Å².